The second-order valence-electron chi connectivity index (χ2n) is 12.9. The zero-order valence-electron chi connectivity index (χ0n) is 28.9. The first-order chi connectivity index (χ1) is 24.1. The zero-order valence-corrected chi connectivity index (χ0v) is 28.9. The number of nitrogens with one attached hydrogen (secondary N) is 2. The number of amides is 2. The van der Waals surface area contributed by atoms with Crippen molar-refractivity contribution in [3.63, 3.8) is 0 Å². The maximum atomic E-state index is 13.9. The minimum Gasteiger partial charge on any atom is -0.381 e. The molecular weight excluding hydrogens is 632 g/mol. The number of aryl methyl sites for hydroxylation is 4. The number of rotatable bonds is 8. The molecule has 1 aliphatic rings. The SMILES string of the molecule is CCn1c(-c2ccc(-c3c(C)on(C)c3=O)cc2)cc2cc(C)nc(C(=O)Nc3cccc(C(=O)Nc4ccn(C5CCN(C)CC5)n4)c3)c21. The summed E-state index contributed by atoms with van der Waals surface area (Å²) in [5, 5.41) is 11.4. The number of carbonyl (C=O) groups excluding carboxylic acids is 2. The van der Waals surface area contributed by atoms with E-state index < -0.39 is 0 Å². The molecule has 2 N–H and O–H groups in total. The van der Waals surface area contributed by atoms with Crippen molar-refractivity contribution in [2.24, 2.45) is 7.05 Å². The van der Waals surface area contributed by atoms with E-state index in [1.807, 2.05) is 61.1 Å². The third-order valence-corrected chi connectivity index (χ3v) is 9.42. The fourth-order valence-electron chi connectivity index (χ4n) is 6.88. The van der Waals surface area contributed by atoms with E-state index >= 15 is 0 Å². The van der Waals surface area contributed by atoms with E-state index in [0.29, 0.717) is 52.2 Å². The molecule has 0 aliphatic carbocycles. The Morgan fingerprint density at radius 2 is 1.66 bits per heavy atom. The molecule has 12 heteroatoms. The van der Waals surface area contributed by atoms with Gasteiger partial charge >= 0.3 is 0 Å². The van der Waals surface area contributed by atoms with Gasteiger partial charge in [-0.1, -0.05) is 30.3 Å². The summed E-state index contributed by atoms with van der Waals surface area (Å²) in [6.07, 6.45) is 3.95. The first-order valence-electron chi connectivity index (χ1n) is 16.8. The van der Waals surface area contributed by atoms with Crippen LogP contribution in [-0.2, 0) is 13.6 Å². The summed E-state index contributed by atoms with van der Waals surface area (Å²) in [6.45, 7) is 8.29. The Kier molecular flexibility index (Phi) is 8.71. The number of nitrogens with zero attached hydrogens (tertiary/aromatic N) is 6. The highest BCUT2D eigenvalue weighted by Gasteiger charge is 2.22. The van der Waals surface area contributed by atoms with Gasteiger partial charge in [-0.25, -0.2) is 4.98 Å². The molecular formula is C38H40N8O4. The van der Waals surface area contributed by atoms with Gasteiger partial charge in [-0.15, -0.1) is 0 Å². The first-order valence-corrected chi connectivity index (χ1v) is 16.8. The average Bonchev–Trinajstić information content (AvgIpc) is 3.79. The van der Waals surface area contributed by atoms with Crippen LogP contribution in [0.5, 0.6) is 0 Å². The van der Waals surface area contributed by atoms with Crippen LogP contribution in [0.15, 0.2) is 82.2 Å². The summed E-state index contributed by atoms with van der Waals surface area (Å²) in [6, 6.07) is 20.7. The molecule has 0 radical (unpaired) electrons. The number of benzene rings is 2. The van der Waals surface area contributed by atoms with Crippen LogP contribution < -0.4 is 16.2 Å². The summed E-state index contributed by atoms with van der Waals surface area (Å²) >= 11 is 0. The van der Waals surface area contributed by atoms with Crippen LogP contribution in [0.3, 0.4) is 0 Å². The molecule has 0 spiro atoms. The Balaban J connectivity index is 1.12. The van der Waals surface area contributed by atoms with E-state index in [1.54, 1.807) is 38.2 Å². The lowest BCUT2D eigenvalue weighted by atomic mass is 10.0. The van der Waals surface area contributed by atoms with Crippen molar-refractivity contribution < 1.29 is 14.1 Å². The monoisotopic (exact) mass is 672 g/mol. The van der Waals surface area contributed by atoms with Gasteiger partial charge in [-0.3, -0.25) is 19.1 Å². The molecule has 1 saturated heterocycles. The lowest BCUT2D eigenvalue weighted by molar-refractivity contribution is 0.101. The lowest BCUT2D eigenvalue weighted by Crippen LogP contribution is -2.31. The standard InChI is InChI=1S/C38H40N8O4/c1-6-45-31(25-10-12-26(13-11-25)33-24(3)50-44(5)38(33)49)22-28-20-23(2)39-34(35(28)45)37(48)40-29-9-7-8-27(21-29)36(47)41-32-16-19-46(42-32)30-14-17-43(4)18-15-30/h7-13,16,19-22,30H,6,14-15,17-18H2,1-5H3,(H,40,48)(H,41,42,47). The second-order valence-corrected chi connectivity index (χ2v) is 12.9. The van der Waals surface area contributed by atoms with Gasteiger partial charge in [0.25, 0.3) is 17.4 Å². The number of hydrogen-bond acceptors (Lipinski definition) is 7. The van der Waals surface area contributed by atoms with Crippen molar-refractivity contribution >= 4 is 34.2 Å². The number of piperidine rings is 1. The van der Waals surface area contributed by atoms with Crippen molar-refractivity contribution in [1.29, 1.82) is 0 Å². The molecule has 1 aliphatic heterocycles. The highest BCUT2D eigenvalue weighted by Crippen LogP contribution is 2.32. The Morgan fingerprint density at radius 3 is 2.36 bits per heavy atom. The van der Waals surface area contributed by atoms with Crippen LogP contribution in [0.2, 0.25) is 0 Å². The molecule has 12 nitrogen and oxygen atoms in total. The van der Waals surface area contributed by atoms with Gasteiger partial charge in [-0.05, 0) is 95.2 Å². The number of likely N-dealkylation sites (tertiary alicyclic amines) is 1. The first kappa shape index (κ1) is 32.8. The predicted molar refractivity (Wildman–Crippen MR) is 194 cm³/mol. The van der Waals surface area contributed by atoms with Gasteiger partial charge in [-0.2, -0.15) is 9.84 Å². The quantitative estimate of drug-likeness (QED) is 0.195. The summed E-state index contributed by atoms with van der Waals surface area (Å²) in [7, 11) is 3.72. The third kappa shape index (κ3) is 6.25. The Labute approximate surface area is 289 Å². The van der Waals surface area contributed by atoms with Crippen LogP contribution in [-0.4, -0.2) is 60.9 Å². The number of aromatic nitrogens is 5. The van der Waals surface area contributed by atoms with Gasteiger partial charge in [0.2, 0.25) is 0 Å². The molecule has 0 unspecified atom stereocenters. The summed E-state index contributed by atoms with van der Waals surface area (Å²) in [5.41, 5.74) is 5.55. The van der Waals surface area contributed by atoms with Gasteiger partial charge in [0.05, 0.1) is 17.1 Å². The Morgan fingerprint density at radius 1 is 0.920 bits per heavy atom. The van der Waals surface area contributed by atoms with Gasteiger partial charge in [0.1, 0.15) is 5.76 Å². The number of fused-ring (bicyclic) bond motifs is 1. The molecule has 1 fully saturated rings. The topological polar surface area (TPSA) is 132 Å². The van der Waals surface area contributed by atoms with E-state index in [4.69, 9.17) is 4.52 Å². The van der Waals surface area contributed by atoms with Gasteiger partial charge in [0, 0.05) is 53.9 Å². The summed E-state index contributed by atoms with van der Waals surface area (Å²) < 4.78 is 10.7. The molecule has 0 bridgehead atoms. The molecule has 2 amide bonds. The Bertz CT molecular complexity index is 2280. The van der Waals surface area contributed by atoms with E-state index in [1.165, 1.54) is 4.74 Å². The maximum Gasteiger partial charge on any atom is 0.290 e. The highest BCUT2D eigenvalue weighted by molar-refractivity contribution is 6.12. The van der Waals surface area contributed by atoms with Crippen molar-refractivity contribution in [1.82, 2.24) is 29.0 Å². The van der Waals surface area contributed by atoms with Gasteiger partial charge in [0.15, 0.2) is 11.5 Å². The molecule has 4 aromatic heterocycles. The number of carbonyl (C=O) groups is 2. The lowest BCUT2D eigenvalue weighted by Gasteiger charge is -2.28. The van der Waals surface area contributed by atoms with E-state index in [2.05, 4.69) is 43.3 Å². The van der Waals surface area contributed by atoms with Gasteiger partial charge < -0.3 is 24.6 Å². The molecule has 256 valence electrons. The third-order valence-electron chi connectivity index (χ3n) is 9.42. The highest BCUT2D eigenvalue weighted by atomic mass is 16.5. The largest absolute Gasteiger partial charge is 0.381 e. The number of hydrogen-bond donors (Lipinski definition) is 2. The van der Waals surface area contributed by atoms with E-state index in [-0.39, 0.29) is 23.1 Å². The summed E-state index contributed by atoms with van der Waals surface area (Å²) in [4.78, 5) is 46.7. The normalized spacial score (nSPS) is 13.9. The molecule has 0 atom stereocenters. The van der Waals surface area contributed by atoms with Crippen molar-refractivity contribution in [2.45, 2.75) is 46.2 Å². The van der Waals surface area contributed by atoms with Crippen LogP contribution in [0.4, 0.5) is 11.5 Å². The number of pyridine rings is 1. The average molecular weight is 673 g/mol. The smallest absolute Gasteiger partial charge is 0.290 e. The van der Waals surface area contributed by atoms with E-state index in [0.717, 1.165) is 48.1 Å². The molecule has 7 rings (SSSR count). The molecule has 0 saturated carbocycles. The number of anilines is 2. The van der Waals surface area contributed by atoms with Crippen LogP contribution in [0, 0.1) is 13.8 Å². The molecule has 50 heavy (non-hydrogen) atoms. The Hall–Kier alpha value is -5.75. The van der Waals surface area contributed by atoms with Crippen LogP contribution in [0.25, 0.3) is 33.3 Å². The summed E-state index contributed by atoms with van der Waals surface area (Å²) in [5.74, 6) is 0.353. The van der Waals surface area contributed by atoms with Crippen LogP contribution >= 0.6 is 0 Å². The maximum absolute atomic E-state index is 13.9. The van der Waals surface area contributed by atoms with Crippen molar-refractivity contribution in [3.05, 3.63) is 106 Å². The molecule has 5 heterocycles. The van der Waals surface area contributed by atoms with E-state index in [9.17, 15) is 14.4 Å². The molecule has 2 aromatic carbocycles. The van der Waals surface area contributed by atoms with Crippen molar-refractivity contribution in [3.8, 4) is 22.4 Å². The van der Waals surface area contributed by atoms with Crippen molar-refractivity contribution in [2.75, 3.05) is 30.8 Å². The fourth-order valence-corrected chi connectivity index (χ4v) is 6.88. The van der Waals surface area contributed by atoms with Crippen LogP contribution in [0.1, 0.15) is 58.1 Å². The minimum atomic E-state index is -0.380. The molecule has 6 aromatic rings. The minimum absolute atomic E-state index is 0.184. The zero-order chi connectivity index (χ0) is 35.1. The predicted octanol–water partition coefficient (Wildman–Crippen LogP) is 6.27. The second kappa shape index (κ2) is 13.3. The fraction of sp³-hybridized carbons (Fsp3) is 0.289.